The molecule has 2 heterocycles. The van der Waals surface area contributed by atoms with Crippen LogP contribution in [0.2, 0.25) is 5.02 Å². The highest BCUT2D eigenvalue weighted by atomic mass is 127. The number of nitrogens with zero attached hydrogens (tertiary/aromatic N) is 4. The molecule has 0 saturated carbocycles. The van der Waals surface area contributed by atoms with Gasteiger partial charge in [-0.2, -0.15) is 0 Å². The van der Waals surface area contributed by atoms with Crippen LogP contribution in [0.25, 0.3) is 0 Å². The average Bonchev–Trinajstić information content (AvgIpc) is 2.99. The molecule has 1 atom stereocenters. The van der Waals surface area contributed by atoms with Crippen molar-refractivity contribution in [3.05, 3.63) is 23.4 Å². The van der Waals surface area contributed by atoms with Gasteiger partial charge in [-0.3, -0.25) is 4.99 Å². The molecule has 1 saturated heterocycles. The van der Waals surface area contributed by atoms with E-state index in [4.69, 9.17) is 11.6 Å². The van der Waals surface area contributed by atoms with Crippen molar-refractivity contribution < 1.29 is 0 Å². The lowest BCUT2D eigenvalue weighted by atomic mass is 9.93. The van der Waals surface area contributed by atoms with Crippen LogP contribution in [0.4, 0.5) is 5.82 Å². The summed E-state index contributed by atoms with van der Waals surface area (Å²) in [5.74, 6) is 1.72. The first kappa shape index (κ1) is 23.2. The van der Waals surface area contributed by atoms with Crippen molar-refractivity contribution in [3.8, 4) is 0 Å². The van der Waals surface area contributed by atoms with Crippen LogP contribution >= 0.6 is 35.6 Å². The Balaban J connectivity index is 0.00000338. The second-order valence-electron chi connectivity index (χ2n) is 7.71. The van der Waals surface area contributed by atoms with Gasteiger partial charge in [-0.05, 0) is 38.1 Å². The van der Waals surface area contributed by atoms with Gasteiger partial charge in [-0.25, -0.2) is 4.98 Å². The molecule has 1 aliphatic heterocycles. The first-order valence-electron chi connectivity index (χ1n) is 8.78. The van der Waals surface area contributed by atoms with Gasteiger partial charge >= 0.3 is 0 Å². The molecule has 0 aliphatic carbocycles. The van der Waals surface area contributed by atoms with Crippen LogP contribution in [0.15, 0.2) is 23.3 Å². The molecule has 0 amide bonds. The molecule has 1 aliphatic rings. The summed E-state index contributed by atoms with van der Waals surface area (Å²) in [6, 6.07) is 4.08. The third-order valence-corrected chi connectivity index (χ3v) is 4.56. The second kappa shape index (κ2) is 10.5. The van der Waals surface area contributed by atoms with Gasteiger partial charge in [0.05, 0.1) is 5.02 Å². The largest absolute Gasteiger partial charge is 0.356 e. The van der Waals surface area contributed by atoms with E-state index >= 15 is 0 Å². The number of nitrogens with one attached hydrogen (secondary N) is 2. The lowest BCUT2D eigenvalue weighted by molar-refractivity contribution is 0.241. The molecule has 1 unspecified atom stereocenters. The highest BCUT2D eigenvalue weighted by molar-refractivity contribution is 14.0. The van der Waals surface area contributed by atoms with Gasteiger partial charge in [0.2, 0.25) is 0 Å². The number of rotatable bonds is 6. The van der Waals surface area contributed by atoms with Crippen LogP contribution in [-0.2, 0) is 0 Å². The first-order valence-corrected chi connectivity index (χ1v) is 9.16. The van der Waals surface area contributed by atoms with Crippen LogP contribution in [0.3, 0.4) is 0 Å². The lowest BCUT2D eigenvalue weighted by Crippen LogP contribution is -2.48. The van der Waals surface area contributed by atoms with Crippen LogP contribution in [-0.4, -0.2) is 69.2 Å². The van der Waals surface area contributed by atoms with Crippen LogP contribution < -0.4 is 15.5 Å². The minimum absolute atomic E-state index is 0. The molecule has 1 aromatic heterocycles. The maximum Gasteiger partial charge on any atom is 0.191 e. The van der Waals surface area contributed by atoms with Crippen molar-refractivity contribution in [2.24, 2.45) is 10.4 Å². The highest BCUT2D eigenvalue weighted by Crippen LogP contribution is 2.25. The van der Waals surface area contributed by atoms with Gasteiger partial charge in [-0.1, -0.05) is 25.4 Å². The number of hydrogen-bond acceptors (Lipinski definition) is 4. The molecule has 2 rings (SSSR count). The average molecular weight is 495 g/mol. The van der Waals surface area contributed by atoms with Crippen LogP contribution in [0.1, 0.15) is 20.3 Å². The zero-order valence-corrected chi connectivity index (χ0v) is 19.5. The molecule has 0 spiro atoms. The molecule has 1 aromatic rings. The lowest BCUT2D eigenvalue weighted by Gasteiger charge is -2.29. The molecule has 1 fully saturated rings. The minimum atomic E-state index is 0. The van der Waals surface area contributed by atoms with Gasteiger partial charge in [0.25, 0.3) is 0 Å². The standard InChI is InChI=1S/C18H31ClN6.HI/c1-18(2,13-24(4)5)12-22-17(20-3)23-14-8-10-25(11-14)16-15(19)7-6-9-21-16;/h6-7,9,14H,8,10-13H2,1-5H3,(H2,20,22,23);1H. The number of aromatic nitrogens is 1. The fourth-order valence-corrected chi connectivity index (χ4v) is 3.54. The summed E-state index contributed by atoms with van der Waals surface area (Å²) in [4.78, 5) is 13.2. The Morgan fingerprint density at radius 2 is 2.19 bits per heavy atom. The quantitative estimate of drug-likeness (QED) is 0.362. The van der Waals surface area contributed by atoms with Crippen molar-refractivity contribution in [3.63, 3.8) is 0 Å². The first-order chi connectivity index (χ1) is 11.8. The Kier molecular flexibility index (Phi) is 9.40. The second-order valence-corrected chi connectivity index (χ2v) is 8.12. The molecule has 8 heteroatoms. The van der Waals surface area contributed by atoms with E-state index in [2.05, 4.69) is 58.4 Å². The van der Waals surface area contributed by atoms with Crippen LogP contribution in [0, 0.1) is 5.41 Å². The summed E-state index contributed by atoms with van der Waals surface area (Å²) < 4.78 is 0. The van der Waals surface area contributed by atoms with Gasteiger partial charge < -0.3 is 20.4 Å². The molecule has 6 nitrogen and oxygen atoms in total. The Bertz CT molecular complexity index is 593. The van der Waals surface area contributed by atoms with E-state index in [1.807, 2.05) is 19.2 Å². The highest BCUT2D eigenvalue weighted by Gasteiger charge is 2.26. The van der Waals surface area contributed by atoms with Crippen molar-refractivity contribution in [2.75, 3.05) is 52.2 Å². The van der Waals surface area contributed by atoms with Gasteiger partial charge in [0, 0.05) is 45.5 Å². The minimum Gasteiger partial charge on any atom is -0.356 e. The normalized spacial score (nSPS) is 18.0. The summed E-state index contributed by atoms with van der Waals surface area (Å²) in [7, 11) is 6.02. The van der Waals surface area contributed by atoms with E-state index in [0.29, 0.717) is 11.1 Å². The van der Waals surface area contributed by atoms with Gasteiger partial charge in [0.15, 0.2) is 5.96 Å². The van der Waals surface area contributed by atoms with Crippen molar-refractivity contribution >= 4 is 47.4 Å². The van der Waals surface area contributed by atoms with Crippen molar-refractivity contribution in [1.29, 1.82) is 0 Å². The Morgan fingerprint density at radius 3 is 2.81 bits per heavy atom. The number of hydrogen-bond donors (Lipinski definition) is 2. The smallest absolute Gasteiger partial charge is 0.191 e. The maximum absolute atomic E-state index is 6.26. The number of halogens is 2. The fourth-order valence-electron chi connectivity index (χ4n) is 3.30. The Morgan fingerprint density at radius 1 is 1.46 bits per heavy atom. The number of anilines is 1. The predicted octanol–water partition coefficient (Wildman–Crippen LogP) is 2.68. The van der Waals surface area contributed by atoms with E-state index in [0.717, 1.165) is 44.4 Å². The molecule has 26 heavy (non-hydrogen) atoms. The Hall–Kier alpha value is -0.800. The molecular weight excluding hydrogens is 463 g/mol. The zero-order chi connectivity index (χ0) is 18.4. The summed E-state index contributed by atoms with van der Waals surface area (Å²) in [5.41, 5.74) is 0.171. The summed E-state index contributed by atoms with van der Waals surface area (Å²) in [6.45, 7) is 8.22. The monoisotopic (exact) mass is 494 g/mol. The van der Waals surface area contributed by atoms with Gasteiger partial charge in [-0.15, -0.1) is 24.0 Å². The molecule has 2 N–H and O–H groups in total. The molecular formula is C18H32ClIN6. The van der Waals surface area contributed by atoms with Crippen molar-refractivity contribution in [1.82, 2.24) is 20.5 Å². The zero-order valence-electron chi connectivity index (χ0n) is 16.4. The fraction of sp³-hybridized carbons (Fsp3) is 0.667. The van der Waals surface area contributed by atoms with Gasteiger partial charge in [0.1, 0.15) is 5.82 Å². The maximum atomic E-state index is 6.26. The summed E-state index contributed by atoms with van der Waals surface area (Å²) in [5, 5.41) is 7.69. The van der Waals surface area contributed by atoms with E-state index in [1.165, 1.54) is 0 Å². The molecule has 0 radical (unpaired) electrons. The van der Waals surface area contributed by atoms with E-state index in [1.54, 1.807) is 6.20 Å². The van der Waals surface area contributed by atoms with E-state index in [-0.39, 0.29) is 29.4 Å². The number of guanidine groups is 1. The van der Waals surface area contributed by atoms with Crippen LogP contribution in [0.5, 0.6) is 0 Å². The third kappa shape index (κ3) is 7.08. The molecule has 0 bridgehead atoms. The van der Waals surface area contributed by atoms with E-state index in [9.17, 15) is 0 Å². The van der Waals surface area contributed by atoms with Crippen molar-refractivity contribution in [2.45, 2.75) is 26.3 Å². The Labute approximate surface area is 179 Å². The number of aliphatic imine (C=N–C) groups is 1. The topological polar surface area (TPSA) is 55.8 Å². The predicted molar refractivity (Wildman–Crippen MR) is 122 cm³/mol. The SMILES string of the molecule is CN=C(NCC(C)(C)CN(C)C)NC1CCN(c2ncccc2Cl)C1.I. The third-order valence-electron chi connectivity index (χ3n) is 4.27. The molecule has 148 valence electrons. The molecule has 0 aromatic carbocycles. The summed E-state index contributed by atoms with van der Waals surface area (Å²) in [6.07, 6.45) is 2.82. The number of pyridine rings is 1. The van der Waals surface area contributed by atoms with E-state index < -0.39 is 0 Å². The summed E-state index contributed by atoms with van der Waals surface area (Å²) >= 11 is 6.26.